The first kappa shape index (κ1) is 14.4. The van der Waals surface area contributed by atoms with Crippen molar-refractivity contribution >= 4 is 0 Å². The van der Waals surface area contributed by atoms with E-state index >= 15 is 0 Å². The van der Waals surface area contributed by atoms with Crippen LogP contribution < -0.4 is 9.47 Å². The third-order valence-electron chi connectivity index (χ3n) is 3.24. The fourth-order valence-corrected chi connectivity index (χ4v) is 2.22. The maximum atomic E-state index is 9.96. The van der Waals surface area contributed by atoms with Crippen molar-refractivity contribution in [1.29, 1.82) is 0 Å². The van der Waals surface area contributed by atoms with E-state index in [9.17, 15) is 5.11 Å². The van der Waals surface area contributed by atoms with E-state index in [0.717, 1.165) is 17.7 Å². The molecule has 3 heteroatoms. The van der Waals surface area contributed by atoms with Crippen LogP contribution >= 0.6 is 0 Å². The zero-order chi connectivity index (χ0) is 14.5. The molecular weight excluding hydrogens is 252 g/mol. The van der Waals surface area contributed by atoms with E-state index in [-0.39, 0.29) is 0 Å². The third-order valence-corrected chi connectivity index (χ3v) is 3.24. The highest BCUT2D eigenvalue weighted by molar-refractivity contribution is 5.49. The van der Waals surface area contributed by atoms with Gasteiger partial charge in [0.1, 0.15) is 17.2 Å². The molecule has 0 radical (unpaired) electrons. The van der Waals surface area contributed by atoms with Crippen LogP contribution in [0.25, 0.3) is 0 Å². The van der Waals surface area contributed by atoms with Crippen LogP contribution in [0.1, 0.15) is 31.1 Å². The molecular formula is C17H20O3. The molecule has 1 atom stereocenters. The minimum Gasteiger partial charge on any atom is -0.496 e. The Bertz CT molecular complexity index is 576. The molecule has 0 fully saturated rings. The molecule has 0 aliphatic heterocycles. The number of methoxy groups -OCH3 is 1. The lowest BCUT2D eigenvalue weighted by Gasteiger charge is -2.17. The molecule has 2 aromatic rings. The topological polar surface area (TPSA) is 38.7 Å². The summed E-state index contributed by atoms with van der Waals surface area (Å²) in [6.45, 7) is 3.79. The molecule has 20 heavy (non-hydrogen) atoms. The zero-order valence-electron chi connectivity index (χ0n) is 12.1. The predicted molar refractivity (Wildman–Crippen MR) is 79.5 cm³/mol. The predicted octanol–water partition coefficient (Wildman–Crippen LogP) is 4.10. The van der Waals surface area contributed by atoms with E-state index < -0.39 is 6.10 Å². The summed E-state index contributed by atoms with van der Waals surface area (Å²) in [6, 6.07) is 13.4. The van der Waals surface area contributed by atoms with Gasteiger partial charge in [0.15, 0.2) is 0 Å². The molecule has 0 saturated carbocycles. The van der Waals surface area contributed by atoms with Crippen molar-refractivity contribution in [3.8, 4) is 17.2 Å². The molecule has 1 N–H and O–H groups in total. The Hall–Kier alpha value is -2.00. The quantitative estimate of drug-likeness (QED) is 0.890. The van der Waals surface area contributed by atoms with Crippen molar-refractivity contribution in [1.82, 2.24) is 0 Å². The monoisotopic (exact) mass is 272 g/mol. The Labute approximate surface area is 119 Å². The third kappa shape index (κ3) is 2.94. The summed E-state index contributed by atoms with van der Waals surface area (Å²) in [4.78, 5) is 0. The van der Waals surface area contributed by atoms with E-state index in [4.69, 9.17) is 9.47 Å². The minimum absolute atomic E-state index is 0.625. The van der Waals surface area contributed by atoms with Crippen molar-refractivity contribution < 1.29 is 14.6 Å². The number of hydrogen-bond donors (Lipinski definition) is 1. The van der Waals surface area contributed by atoms with Gasteiger partial charge >= 0.3 is 0 Å². The molecule has 2 rings (SSSR count). The maximum Gasteiger partial charge on any atom is 0.136 e. The van der Waals surface area contributed by atoms with Crippen LogP contribution in [0.3, 0.4) is 0 Å². The largest absolute Gasteiger partial charge is 0.496 e. The van der Waals surface area contributed by atoms with Crippen molar-refractivity contribution in [2.45, 2.75) is 26.4 Å². The van der Waals surface area contributed by atoms with Crippen LogP contribution in [0.15, 0.2) is 42.5 Å². The van der Waals surface area contributed by atoms with Gasteiger partial charge in [-0.25, -0.2) is 0 Å². The van der Waals surface area contributed by atoms with Crippen LogP contribution in [0.4, 0.5) is 0 Å². The number of aryl methyl sites for hydroxylation is 1. The summed E-state index contributed by atoms with van der Waals surface area (Å²) >= 11 is 0. The molecule has 0 heterocycles. The SMILES string of the molecule is CCc1ccccc1Oc1cccc(OC)c1C(C)O. The van der Waals surface area contributed by atoms with Crippen LogP contribution in [0.5, 0.6) is 17.2 Å². The van der Waals surface area contributed by atoms with Crippen molar-refractivity contribution in [3.63, 3.8) is 0 Å². The van der Waals surface area contributed by atoms with E-state index in [1.54, 1.807) is 14.0 Å². The minimum atomic E-state index is -0.657. The molecule has 0 aliphatic rings. The second kappa shape index (κ2) is 6.44. The molecule has 0 aliphatic carbocycles. The fourth-order valence-electron chi connectivity index (χ4n) is 2.22. The van der Waals surface area contributed by atoms with Gasteiger partial charge in [-0.1, -0.05) is 31.2 Å². The summed E-state index contributed by atoms with van der Waals surface area (Å²) in [5.74, 6) is 2.07. The molecule has 0 bridgehead atoms. The highest BCUT2D eigenvalue weighted by atomic mass is 16.5. The summed E-state index contributed by atoms with van der Waals surface area (Å²) < 4.78 is 11.3. The average Bonchev–Trinajstić information content (AvgIpc) is 2.47. The molecule has 0 aromatic heterocycles. The van der Waals surface area contributed by atoms with Crippen LogP contribution in [0.2, 0.25) is 0 Å². The number of aliphatic hydroxyl groups is 1. The Kier molecular flexibility index (Phi) is 4.64. The summed E-state index contributed by atoms with van der Waals surface area (Å²) in [6.07, 6.45) is 0.236. The van der Waals surface area contributed by atoms with Crippen molar-refractivity contribution in [2.24, 2.45) is 0 Å². The molecule has 0 amide bonds. The fraction of sp³-hybridized carbons (Fsp3) is 0.294. The first-order chi connectivity index (χ1) is 9.67. The van der Waals surface area contributed by atoms with Gasteiger partial charge < -0.3 is 14.6 Å². The number of benzene rings is 2. The lowest BCUT2D eigenvalue weighted by molar-refractivity contribution is 0.190. The van der Waals surface area contributed by atoms with Crippen molar-refractivity contribution in [2.75, 3.05) is 7.11 Å². The van der Waals surface area contributed by atoms with Gasteiger partial charge in [-0.3, -0.25) is 0 Å². The number of hydrogen-bond acceptors (Lipinski definition) is 3. The molecule has 106 valence electrons. The van der Waals surface area contributed by atoms with Gasteiger partial charge in [-0.2, -0.15) is 0 Å². The van der Waals surface area contributed by atoms with Gasteiger partial charge in [-0.15, -0.1) is 0 Å². The van der Waals surface area contributed by atoms with Crippen LogP contribution in [-0.2, 0) is 6.42 Å². The van der Waals surface area contributed by atoms with Crippen LogP contribution in [0, 0.1) is 0 Å². The highest BCUT2D eigenvalue weighted by Gasteiger charge is 2.16. The molecule has 1 unspecified atom stereocenters. The summed E-state index contributed by atoms with van der Waals surface area (Å²) in [5, 5.41) is 9.96. The van der Waals surface area contributed by atoms with Gasteiger partial charge in [0, 0.05) is 0 Å². The number of para-hydroxylation sites is 1. The second-order valence-corrected chi connectivity index (χ2v) is 4.61. The lowest BCUT2D eigenvalue weighted by atomic mass is 10.1. The van der Waals surface area contributed by atoms with Gasteiger partial charge in [0.25, 0.3) is 0 Å². The van der Waals surface area contributed by atoms with E-state index in [1.165, 1.54) is 0 Å². The van der Waals surface area contributed by atoms with Crippen molar-refractivity contribution in [3.05, 3.63) is 53.6 Å². The van der Waals surface area contributed by atoms with Crippen LogP contribution in [-0.4, -0.2) is 12.2 Å². The number of rotatable bonds is 5. The molecule has 2 aromatic carbocycles. The van der Waals surface area contributed by atoms with Gasteiger partial charge in [0.2, 0.25) is 0 Å². The Morgan fingerprint density at radius 3 is 2.30 bits per heavy atom. The normalized spacial score (nSPS) is 12.0. The molecule has 0 saturated heterocycles. The number of ether oxygens (including phenoxy) is 2. The zero-order valence-corrected chi connectivity index (χ0v) is 12.1. The van der Waals surface area contributed by atoms with Gasteiger partial charge in [-0.05, 0) is 37.1 Å². The smallest absolute Gasteiger partial charge is 0.136 e. The Morgan fingerprint density at radius 1 is 1.00 bits per heavy atom. The second-order valence-electron chi connectivity index (χ2n) is 4.61. The highest BCUT2D eigenvalue weighted by Crippen LogP contribution is 2.37. The lowest BCUT2D eigenvalue weighted by Crippen LogP contribution is -2.00. The molecule has 3 nitrogen and oxygen atoms in total. The first-order valence-electron chi connectivity index (χ1n) is 6.78. The maximum absolute atomic E-state index is 9.96. The number of aliphatic hydroxyl groups excluding tert-OH is 1. The van der Waals surface area contributed by atoms with Gasteiger partial charge in [0.05, 0.1) is 18.8 Å². The average molecular weight is 272 g/mol. The van der Waals surface area contributed by atoms with E-state index in [0.29, 0.717) is 17.1 Å². The molecule has 0 spiro atoms. The van der Waals surface area contributed by atoms with E-state index in [1.807, 2.05) is 42.5 Å². The Morgan fingerprint density at radius 2 is 1.65 bits per heavy atom. The summed E-state index contributed by atoms with van der Waals surface area (Å²) in [7, 11) is 1.59. The first-order valence-corrected chi connectivity index (χ1v) is 6.78. The standard InChI is InChI=1S/C17H20O3/c1-4-13-8-5-6-9-14(13)20-16-11-7-10-15(19-3)17(16)12(2)18/h5-12,18H,4H2,1-3H3. The summed E-state index contributed by atoms with van der Waals surface area (Å²) in [5.41, 5.74) is 1.80. The Balaban J connectivity index is 2.43. The van der Waals surface area contributed by atoms with E-state index in [2.05, 4.69) is 6.92 Å².